The molecule has 0 unspecified atom stereocenters. The molecule has 1 saturated heterocycles. The van der Waals surface area contributed by atoms with Gasteiger partial charge < -0.3 is 5.32 Å². The number of nitrogens with one attached hydrogen (secondary N) is 1. The monoisotopic (exact) mass is 351 g/mol. The third-order valence-electron chi connectivity index (χ3n) is 3.83. The molecule has 1 aliphatic rings. The predicted molar refractivity (Wildman–Crippen MR) is 91.0 cm³/mol. The zero-order valence-corrected chi connectivity index (χ0v) is 14.1. The molecule has 0 bridgehead atoms. The number of rotatable bonds is 5. The van der Waals surface area contributed by atoms with Gasteiger partial charge in [0, 0.05) is 30.9 Å². The molecule has 0 saturated carbocycles. The topological polar surface area (TPSA) is 62.3 Å². The number of nitrogens with zero attached hydrogens (tertiary/aromatic N) is 2. The minimum atomic E-state index is -3.40. The van der Waals surface area contributed by atoms with Gasteiger partial charge in [-0.15, -0.1) is 0 Å². The molecule has 5 nitrogen and oxygen atoms in total. The summed E-state index contributed by atoms with van der Waals surface area (Å²) in [6, 6.07) is 10.8. The molecular formula is C16H18ClN3O2S. The highest BCUT2D eigenvalue weighted by molar-refractivity contribution is 7.89. The Morgan fingerprint density at radius 1 is 1.09 bits per heavy atom. The summed E-state index contributed by atoms with van der Waals surface area (Å²) in [5.74, 6) is 0.639. The van der Waals surface area contributed by atoms with Crippen molar-refractivity contribution in [2.75, 3.05) is 18.4 Å². The summed E-state index contributed by atoms with van der Waals surface area (Å²) in [5.41, 5.74) is 1.07. The van der Waals surface area contributed by atoms with Crippen molar-refractivity contribution in [3.63, 3.8) is 0 Å². The van der Waals surface area contributed by atoms with E-state index >= 15 is 0 Å². The molecule has 0 amide bonds. The molecule has 23 heavy (non-hydrogen) atoms. The van der Waals surface area contributed by atoms with E-state index in [1.807, 2.05) is 24.3 Å². The molecule has 0 spiro atoms. The van der Waals surface area contributed by atoms with Crippen molar-refractivity contribution < 1.29 is 8.42 Å². The van der Waals surface area contributed by atoms with Gasteiger partial charge >= 0.3 is 0 Å². The molecule has 0 aliphatic carbocycles. The van der Waals surface area contributed by atoms with Gasteiger partial charge in [-0.25, -0.2) is 13.4 Å². The molecule has 0 atom stereocenters. The molecule has 2 heterocycles. The van der Waals surface area contributed by atoms with Crippen LogP contribution in [0.4, 0.5) is 5.82 Å². The third-order valence-corrected chi connectivity index (χ3v) is 5.96. The van der Waals surface area contributed by atoms with Crippen LogP contribution in [-0.4, -0.2) is 30.8 Å². The van der Waals surface area contributed by atoms with Crippen molar-refractivity contribution in [1.82, 2.24) is 9.29 Å². The van der Waals surface area contributed by atoms with Gasteiger partial charge in [-0.2, -0.15) is 4.31 Å². The van der Waals surface area contributed by atoms with Gasteiger partial charge in [0.15, 0.2) is 0 Å². The zero-order valence-electron chi connectivity index (χ0n) is 12.6. The maximum absolute atomic E-state index is 12.4. The van der Waals surface area contributed by atoms with Crippen molar-refractivity contribution in [3.05, 3.63) is 53.2 Å². The minimum Gasteiger partial charge on any atom is -0.366 e. The number of benzene rings is 1. The van der Waals surface area contributed by atoms with Crippen molar-refractivity contribution in [1.29, 1.82) is 0 Å². The molecule has 1 N–H and O–H groups in total. The maximum Gasteiger partial charge on any atom is 0.244 e. The second-order valence-electron chi connectivity index (χ2n) is 5.47. The number of sulfonamides is 1. The standard InChI is InChI=1S/C16H18ClN3O2S/c17-14-5-3-13(4-6-14)11-18-16-8-7-15(12-19-16)23(21,22)20-9-1-2-10-20/h3-8,12H,1-2,9-11H2,(H,18,19). The number of anilines is 1. The summed E-state index contributed by atoms with van der Waals surface area (Å²) in [6.45, 7) is 1.79. The van der Waals surface area contributed by atoms with E-state index in [0.29, 0.717) is 30.5 Å². The van der Waals surface area contributed by atoms with Crippen molar-refractivity contribution in [2.45, 2.75) is 24.3 Å². The van der Waals surface area contributed by atoms with Crippen LogP contribution in [0.5, 0.6) is 0 Å². The first kappa shape index (κ1) is 16.2. The Kier molecular flexibility index (Phi) is 4.84. The lowest BCUT2D eigenvalue weighted by Crippen LogP contribution is -2.27. The fourth-order valence-corrected chi connectivity index (χ4v) is 4.10. The fourth-order valence-electron chi connectivity index (χ4n) is 2.51. The molecule has 1 aliphatic heterocycles. The van der Waals surface area contributed by atoms with E-state index in [4.69, 9.17) is 11.6 Å². The van der Waals surface area contributed by atoms with Gasteiger partial charge in [0.1, 0.15) is 10.7 Å². The van der Waals surface area contributed by atoms with Crippen LogP contribution in [0.2, 0.25) is 5.02 Å². The summed E-state index contributed by atoms with van der Waals surface area (Å²) >= 11 is 5.85. The smallest absolute Gasteiger partial charge is 0.244 e. The number of hydrogen-bond donors (Lipinski definition) is 1. The molecule has 1 fully saturated rings. The average Bonchev–Trinajstić information content (AvgIpc) is 3.10. The first-order chi connectivity index (χ1) is 11.1. The van der Waals surface area contributed by atoms with Crippen LogP contribution in [0.25, 0.3) is 0 Å². The van der Waals surface area contributed by atoms with E-state index in [0.717, 1.165) is 18.4 Å². The Morgan fingerprint density at radius 2 is 1.78 bits per heavy atom. The van der Waals surface area contributed by atoms with E-state index in [2.05, 4.69) is 10.3 Å². The van der Waals surface area contributed by atoms with Crippen LogP contribution in [-0.2, 0) is 16.6 Å². The highest BCUT2D eigenvalue weighted by Gasteiger charge is 2.27. The van der Waals surface area contributed by atoms with Crippen molar-refractivity contribution in [2.24, 2.45) is 0 Å². The molecule has 1 aromatic carbocycles. The van der Waals surface area contributed by atoms with E-state index in [-0.39, 0.29) is 4.90 Å². The minimum absolute atomic E-state index is 0.247. The normalized spacial score (nSPS) is 15.7. The lowest BCUT2D eigenvalue weighted by Gasteiger charge is -2.15. The Morgan fingerprint density at radius 3 is 2.39 bits per heavy atom. The molecule has 2 aromatic rings. The lowest BCUT2D eigenvalue weighted by atomic mass is 10.2. The Labute approximate surface area is 141 Å². The van der Waals surface area contributed by atoms with Gasteiger partial charge in [0.05, 0.1) is 0 Å². The molecule has 3 rings (SSSR count). The number of hydrogen-bond acceptors (Lipinski definition) is 4. The van der Waals surface area contributed by atoms with Crippen LogP contribution in [0.1, 0.15) is 18.4 Å². The second kappa shape index (κ2) is 6.86. The van der Waals surface area contributed by atoms with Gasteiger partial charge in [-0.3, -0.25) is 0 Å². The largest absolute Gasteiger partial charge is 0.366 e. The highest BCUT2D eigenvalue weighted by atomic mass is 35.5. The summed E-state index contributed by atoms with van der Waals surface area (Å²) in [6.07, 6.45) is 3.26. The first-order valence-electron chi connectivity index (χ1n) is 7.50. The third kappa shape index (κ3) is 3.83. The fraction of sp³-hybridized carbons (Fsp3) is 0.312. The summed E-state index contributed by atoms with van der Waals surface area (Å²) < 4.78 is 26.3. The van der Waals surface area contributed by atoms with E-state index < -0.39 is 10.0 Å². The Bertz CT molecular complexity index is 755. The zero-order chi connectivity index (χ0) is 16.3. The molecule has 7 heteroatoms. The Balaban J connectivity index is 1.66. The van der Waals surface area contributed by atoms with E-state index in [1.165, 1.54) is 10.5 Å². The van der Waals surface area contributed by atoms with Crippen LogP contribution in [0.3, 0.4) is 0 Å². The van der Waals surface area contributed by atoms with Crippen molar-refractivity contribution >= 4 is 27.4 Å². The predicted octanol–water partition coefficient (Wildman–Crippen LogP) is 3.13. The lowest BCUT2D eigenvalue weighted by molar-refractivity contribution is 0.477. The van der Waals surface area contributed by atoms with Gasteiger partial charge in [-0.1, -0.05) is 23.7 Å². The second-order valence-corrected chi connectivity index (χ2v) is 7.84. The molecular weight excluding hydrogens is 334 g/mol. The van der Waals surface area contributed by atoms with Crippen LogP contribution in [0, 0.1) is 0 Å². The highest BCUT2D eigenvalue weighted by Crippen LogP contribution is 2.21. The quantitative estimate of drug-likeness (QED) is 0.899. The summed E-state index contributed by atoms with van der Waals surface area (Å²) in [4.78, 5) is 4.45. The van der Waals surface area contributed by atoms with Gasteiger partial charge in [-0.05, 0) is 42.7 Å². The average molecular weight is 352 g/mol. The molecule has 0 radical (unpaired) electrons. The summed E-state index contributed by atoms with van der Waals surface area (Å²) in [5, 5.41) is 3.86. The number of halogens is 1. The van der Waals surface area contributed by atoms with Crippen LogP contribution >= 0.6 is 11.6 Å². The molecule has 1 aromatic heterocycles. The van der Waals surface area contributed by atoms with Gasteiger partial charge in [0.2, 0.25) is 10.0 Å². The molecule has 122 valence electrons. The van der Waals surface area contributed by atoms with E-state index in [1.54, 1.807) is 12.1 Å². The van der Waals surface area contributed by atoms with Crippen LogP contribution in [0.15, 0.2) is 47.5 Å². The summed E-state index contributed by atoms with van der Waals surface area (Å²) in [7, 11) is -3.40. The SMILES string of the molecule is O=S(=O)(c1ccc(NCc2ccc(Cl)cc2)nc1)N1CCCC1. The maximum atomic E-state index is 12.4. The van der Waals surface area contributed by atoms with Crippen LogP contribution < -0.4 is 5.32 Å². The van der Waals surface area contributed by atoms with Gasteiger partial charge in [0.25, 0.3) is 0 Å². The first-order valence-corrected chi connectivity index (χ1v) is 9.32. The van der Waals surface area contributed by atoms with Crippen molar-refractivity contribution in [3.8, 4) is 0 Å². The number of pyridine rings is 1. The van der Waals surface area contributed by atoms with E-state index in [9.17, 15) is 8.42 Å². The Hall–Kier alpha value is -1.63. The number of aromatic nitrogens is 1.